The molecule has 0 saturated heterocycles. The van der Waals surface area contributed by atoms with Gasteiger partial charge in [-0.2, -0.15) is 5.10 Å². The average molecular weight is 155 g/mol. The lowest BCUT2D eigenvalue weighted by molar-refractivity contribution is 0.367. The van der Waals surface area contributed by atoms with Crippen LogP contribution in [0.15, 0.2) is 6.20 Å². The molecule has 0 fully saturated rings. The van der Waals surface area contributed by atoms with E-state index in [-0.39, 0.29) is 6.04 Å². The molecule has 2 N–H and O–H groups in total. The van der Waals surface area contributed by atoms with E-state index in [9.17, 15) is 0 Å². The van der Waals surface area contributed by atoms with Crippen molar-refractivity contribution >= 4 is 0 Å². The van der Waals surface area contributed by atoms with Crippen molar-refractivity contribution in [2.75, 3.05) is 7.11 Å². The lowest BCUT2D eigenvalue weighted by atomic mass is 10.2. The summed E-state index contributed by atoms with van der Waals surface area (Å²) in [5.41, 5.74) is 6.61. The molecule has 1 aromatic rings. The third-order valence-corrected chi connectivity index (χ3v) is 1.59. The highest BCUT2D eigenvalue weighted by Crippen LogP contribution is 2.21. The van der Waals surface area contributed by atoms with Crippen molar-refractivity contribution in [2.45, 2.75) is 13.0 Å². The van der Waals surface area contributed by atoms with E-state index in [1.165, 1.54) is 0 Å². The molecule has 0 spiro atoms. The largest absolute Gasteiger partial charge is 0.481 e. The third kappa shape index (κ3) is 1.35. The predicted octanol–water partition coefficient (Wildman–Crippen LogP) is 0.448. The van der Waals surface area contributed by atoms with Crippen molar-refractivity contribution in [1.29, 1.82) is 0 Å². The molecule has 0 radical (unpaired) electrons. The van der Waals surface area contributed by atoms with Crippen LogP contribution in [-0.2, 0) is 7.05 Å². The van der Waals surface area contributed by atoms with E-state index in [1.54, 1.807) is 18.0 Å². The molecule has 0 amide bonds. The molecule has 0 aliphatic heterocycles. The van der Waals surface area contributed by atoms with Crippen molar-refractivity contribution in [2.24, 2.45) is 12.8 Å². The summed E-state index contributed by atoms with van der Waals surface area (Å²) in [7, 11) is 3.44. The van der Waals surface area contributed by atoms with Gasteiger partial charge in [-0.15, -0.1) is 0 Å². The molecule has 0 aliphatic rings. The molecule has 1 atom stereocenters. The third-order valence-electron chi connectivity index (χ3n) is 1.59. The molecular formula is C7H13N3O. The Bertz CT molecular complexity index is 242. The van der Waals surface area contributed by atoms with Crippen LogP contribution in [0.2, 0.25) is 0 Å². The summed E-state index contributed by atoms with van der Waals surface area (Å²) in [4.78, 5) is 0. The van der Waals surface area contributed by atoms with Gasteiger partial charge in [-0.25, -0.2) is 4.68 Å². The van der Waals surface area contributed by atoms with E-state index >= 15 is 0 Å². The highest BCUT2D eigenvalue weighted by Gasteiger charge is 2.11. The van der Waals surface area contributed by atoms with Crippen LogP contribution in [-0.4, -0.2) is 16.9 Å². The topological polar surface area (TPSA) is 53.1 Å². The van der Waals surface area contributed by atoms with Crippen molar-refractivity contribution < 1.29 is 4.74 Å². The van der Waals surface area contributed by atoms with Gasteiger partial charge in [0.15, 0.2) is 0 Å². The normalized spacial score (nSPS) is 13.1. The predicted molar refractivity (Wildman–Crippen MR) is 42.4 cm³/mol. The van der Waals surface area contributed by atoms with Crippen LogP contribution in [0.1, 0.15) is 18.5 Å². The SMILES string of the molecule is COc1c([C@@H](C)N)cnn1C. The number of aryl methyl sites for hydroxylation is 1. The molecule has 0 saturated carbocycles. The Kier molecular flexibility index (Phi) is 2.14. The van der Waals surface area contributed by atoms with E-state index in [0.717, 1.165) is 11.4 Å². The summed E-state index contributed by atoms with van der Waals surface area (Å²) in [6, 6.07) is -0.0290. The minimum Gasteiger partial charge on any atom is -0.481 e. The molecule has 11 heavy (non-hydrogen) atoms. The summed E-state index contributed by atoms with van der Waals surface area (Å²) < 4.78 is 6.76. The van der Waals surface area contributed by atoms with Crippen LogP contribution >= 0.6 is 0 Å². The molecule has 62 valence electrons. The number of hydrogen-bond donors (Lipinski definition) is 1. The molecule has 1 heterocycles. The number of methoxy groups -OCH3 is 1. The molecule has 0 aliphatic carbocycles. The maximum atomic E-state index is 5.67. The first kappa shape index (κ1) is 8.07. The minimum atomic E-state index is -0.0290. The molecular weight excluding hydrogens is 142 g/mol. The fourth-order valence-corrected chi connectivity index (χ4v) is 1.01. The number of nitrogens with zero attached hydrogens (tertiary/aromatic N) is 2. The lowest BCUT2D eigenvalue weighted by Crippen LogP contribution is -2.06. The molecule has 0 bridgehead atoms. The molecule has 0 aromatic carbocycles. The van der Waals surface area contributed by atoms with Crippen LogP contribution in [0.25, 0.3) is 0 Å². The fourth-order valence-electron chi connectivity index (χ4n) is 1.01. The van der Waals surface area contributed by atoms with E-state index in [0.29, 0.717) is 0 Å². The van der Waals surface area contributed by atoms with Crippen molar-refractivity contribution in [3.63, 3.8) is 0 Å². The zero-order valence-corrected chi connectivity index (χ0v) is 7.03. The fraction of sp³-hybridized carbons (Fsp3) is 0.571. The maximum absolute atomic E-state index is 5.67. The number of hydrogen-bond acceptors (Lipinski definition) is 3. The maximum Gasteiger partial charge on any atom is 0.216 e. The monoisotopic (exact) mass is 155 g/mol. The van der Waals surface area contributed by atoms with Gasteiger partial charge in [0.2, 0.25) is 5.88 Å². The van der Waals surface area contributed by atoms with Crippen LogP contribution in [0.5, 0.6) is 5.88 Å². The van der Waals surface area contributed by atoms with Gasteiger partial charge in [-0.05, 0) is 6.92 Å². The van der Waals surface area contributed by atoms with Crippen molar-refractivity contribution in [3.05, 3.63) is 11.8 Å². The number of ether oxygens (including phenoxy) is 1. The first-order valence-electron chi connectivity index (χ1n) is 3.48. The second kappa shape index (κ2) is 2.92. The quantitative estimate of drug-likeness (QED) is 0.674. The Hall–Kier alpha value is -1.03. The van der Waals surface area contributed by atoms with E-state index < -0.39 is 0 Å². The molecule has 4 heteroatoms. The zero-order valence-electron chi connectivity index (χ0n) is 7.03. The van der Waals surface area contributed by atoms with Crippen molar-refractivity contribution in [3.8, 4) is 5.88 Å². The molecule has 4 nitrogen and oxygen atoms in total. The summed E-state index contributed by atoms with van der Waals surface area (Å²) in [5.74, 6) is 0.736. The Balaban J connectivity index is 3.05. The van der Waals surface area contributed by atoms with Gasteiger partial charge >= 0.3 is 0 Å². The van der Waals surface area contributed by atoms with Gasteiger partial charge in [-0.1, -0.05) is 0 Å². The lowest BCUT2D eigenvalue weighted by Gasteiger charge is -2.05. The van der Waals surface area contributed by atoms with Crippen LogP contribution in [0, 0.1) is 0 Å². The zero-order chi connectivity index (χ0) is 8.43. The molecule has 1 rings (SSSR count). The van der Waals surface area contributed by atoms with Crippen LogP contribution in [0.4, 0.5) is 0 Å². The van der Waals surface area contributed by atoms with Gasteiger partial charge < -0.3 is 10.5 Å². The summed E-state index contributed by atoms with van der Waals surface area (Å²) in [5, 5.41) is 4.02. The highest BCUT2D eigenvalue weighted by atomic mass is 16.5. The highest BCUT2D eigenvalue weighted by molar-refractivity contribution is 5.26. The summed E-state index contributed by atoms with van der Waals surface area (Å²) in [6.45, 7) is 1.90. The van der Waals surface area contributed by atoms with E-state index in [4.69, 9.17) is 10.5 Å². The number of aromatic nitrogens is 2. The van der Waals surface area contributed by atoms with Gasteiger partial charge in [0.25, 0.3) is 0 Å². The number of nitrogens with two attached hydrogens (primary N) is 1. The van der Waals surface area contributed by atoms with E-state index in [1.807, 2.05) is 14.0 Å². The Morgan fingerprint density at radius 2 is 2.36 bits per heavy atom. The second-order valence-electron chi connectivity index (χ2n) is 2.52. The first-order valence-corrected chi connectivity index (χ1v) is 3.48. The summed E-state index contributed by atoms with van der Waals surface area (Å²) >= 11 is 0. The van der Waals surface area contributed by atoms with Gasteiger partial charge in [-0.3, -0.25) is 0 Å². The molecule has 1 aromatic heterocycles. The van der Waals surface area contributed by atoms with Gasteiger partial charge in [0, 0.05) is 13.1 Å². The second-order valence-corrected chi connectivity index (χ2v) is 2.52. The standard InChI is InChI=1S/C7H13N3O/c1-5(8)6-4-9-10(2)7(6)11-3/h4-5H,8H2,1-3H3/t5-/m1/s1. The number of rotatable bonds is 2. The Morgan fingerprint density at radius 1 is 1.73 bits per heavy atom. The van der Waals surface area contributed by atoms with Crippen molar-refractivity contribution in [1.82, 2.24) is 9.78 Å². The Labute approximate surface area is 66.0 Å². The first-order chi connectivity index (χ1) is 5.16. The summed E-state index contributed by atoms with van der Waals surface area (Å²) in [6.07, 6.45) is 1.73. The van der Waals surface area contributed by atoms with Crippen LogP contribution < -0.4 is 10.5 Å². The average Bonchev–Trinajstić information content (AvgIpc) is 2.30. The minimum absolute atomic E-state index is 0.0290. The van der Waals surface area contributed by atoms with Gasteiger partial charge in [0.1, 0.15) is 0 Å². The Morgan fingerprint density at radius 3 is 2.73 bits per heavy atom. The van der Waals surface area contributed by atoms with E-state index in [2.05, 4.69) is 5.10 Å². The van der Waals surface area contributed by atoms with Gasteiger partial charge in [0.05, 0.1) is 18.9 Å². The van der Waals surface area contributed by atoms with Crippen LogP contribution in [0.3, 0.4) is 0 Å². The molecule has 0 unspecified atom stereocenters. The smallest absolute Gasteiger partial charge is 0.216 e.